The molecule has 0 saturated carbocycles. The highest BCUT2D eigenvalue weighted by Crippen LogP contribution is 2.45. The van der Waals surface area contributed by atoms with Crippen molar-refractivity contribution in [2.45, 2.75) is 37.3 Å². The van der Waals surface area contributed by atoms with Crippen molar-refractivity contribution in [2.24, 2.45) is 0 Å². The molecule has 1 aliphatic carbocycles. The van der Waals surface area contributed by atoms with Gasteiger partial charge in [0, 0.05) is 35.3 Å². The van der Waals surface area contributed by atoms with Crippen molar-refractivity contribution >= 4 is 22.4 Å². The number of fused-ring (bicyclic) bond motifs is 6. The highest BCUT2D eigenvalue weighted by atomic mass is 16.6. The first-order valence-electron chi connectivity index (χ1n) is 12.4. The van der Waals surface area contributed by atoms with Gasteiger partial charge in [0.2, 0.25) is 0 Å². The highest BCUT2D eigenvalue weighted by molar-refractivity contribution is 5.93. The molecule has 3 aromatic carbocycles. The summed E-state index contributed by atoms with van der Waals surface area (Å²) in [7, 11) is 0. The predicted octanol–water partition coefficient (Wildman–Crippen LogP) is 6.80. The van der Waals surface area contributed by atoms with Gasteiger partial charge in [0.15, 0.2) is 0 Å². The molecule has 35 heavy (non-hydrogen) atoms. The van der Waals surface area contributed by atoms with Crippen LogP contribution in [0.15, 0.2) is 91.3 Å². The third-order valence-electron chi connectivity index (χ3n) is 7.96. The van der Waals surface area contributed by atoms with E-state index in [1.807, 2.05) is 23.4 Å². The van der Waals surface area contributed by atoms with E-state index in [0.29, 0.717) is 6.61 Å². The van der Waals surface area contributed by atoms with Gasteiger partial charge in [0.25, 0.3) is 0 Å². The van der Waals surface area contributed by atoms with Crippen molar-refractivity contribution in [2.75, 3.05) is 6.61 Å². The minimum atomic E-state index is -0.189. The van der Waals surface area contributed by atoms with Crippen molar-refractivity contribution < 1.29 is 9.53 Å². The average molecular weight is 459 g/mol. The average Bonchev–Trinajstić information content (AvgIpc) is 3.37. The number of pyridine rings is 1. The molecule has 172 valence electrons. The second-order valence-electron chi connectivity index (χ2n) is 9.81. The Labute approximate surface area is 204 Å². The molecule has 3 heterocycles. The number of aromatic nitrogens is 1. The summed E-state index contributed by atoms with van der Waals surface area (Å²) in [5.41, 5.74) is 7.47. The van der Waals surface area contributed by atoms with Gasteiger partial charge in [-0.2, -0.15) is 0 Å². The van der Waals surface area contributed by atoms with Gasteiger partial charge in [-0.1, -0.05) is 78.9 Å². The van der Waals surface area contributed by atoms with E-state index in [1.54, 1.807) is 0 Å². The van der Waals surface area contributed by atoms with Crippen LogP contribution in [0.1, 0.15) is 41.9 Å². The number of carbonyl (C=O) groups excluding carboxylic acids is 1. The summed E-state index contributed by atoms with van der Waals surface area (Å²) in [6, 6.07) is 25.6. The van der Waals surface area contributed by atoms with E-state index in [2.05, 4.69) is 77.8 Å². The molecular formula is C31H26N2O2. The molecule has 4 aromatic rings. The van der Waals surface area contributed by atoms with E-state index in [0.717, 1.165) is 24.6 Å². The summed E-state index contributed by atoms with van der Waals surface area (Å²) >= 11 is 0. The van der Waals surface area contributed by atoms with Crippen LogP contribution >= 0.6 is 0 Å². The highest BCUT2D eigenvalue weighted by Gasteiger charge is 2.41. The number of carbonyl (C=O) groups is 1. The zero-order chi connectivity index (χ0) is 23.4. The van der Waals surface area contributed by atoms with Crippen LogP contribution < -0.4 is 0 Å². The summed E-state index contributed by atoms with van der Waals surface area (Å²) in [6.07, 6.45) is 8.80. The normalized spacial score (nSPS) is 20.5. The Balaban J connectivity index is 1.13. The Morgan fingerprint density at radius 2 is 1.57 bits per heavy atom. The molecule has 0 N–H and O–H groups in total. The van der Waals surface area contributed by atoms with Crippen molar-refractivity contribution in [3.05, 3.63) is 108 Å². The summed E-state index contributed by atoms with van der Waals surface area (Å²) in [5.74, 6) is 0.0849. The van der Waals surface area contributed by atoms with E-state index >= 15 is 0 Å². The quantitative estimate of drug-likeness (QED) is 0.339. The molecule has 2 unspecified atom stereocenters. The summed E-state index contributed by atoms with van der Waals surface area (Å²) in [6.45, 7) is 0.368. The Morgan fingerprint density at radius 3 is 2.34 bits per heavy atom. The maximum absolute atomic E-state index is 13.4. The summed E-state index contributed by atoms with van der Waals surface area (Å²) < 4.78 is 6.02. The monoisotopic (exact) mass is 458 g/mol. The number of ether oxygens (including phenoxy) is 1. The van der Waals surface area contributed by atoms with Crippen molar-refractivity contribution in [1.82, 2.24) is 9.88 Å². The van der Waals surface area contributed by atoms with Crippen LogP contribution in [-0.4, -0.2) is 34.7 Å². The van der Waals surface area contributed by atoms with E-state index in [1.165, 1.54) is 38.8 Å². The molecule has 4 heteroatoms. The fraction of sp³-hybridized carbons (Fsp3) is 0.226. The Kier molecular flexibility index (Phi) is 4.73. The number of benzene rings is 3. The van der Waals surface area contributed by atoms with E-state index in [4.69, 9.17) is 4.74 Å². The van der Waals surface area contributed by atoms with Crippen LogP contribution in [0, 0.1) is 0 Å². The third kappa shape index (κ3) is 3.28. The van der Waals surface area contributed by atoms with Crippen LogP contribution in [0.4, 0.5) is 4.79 Å². The molecule has 1 amide bonds. The molecule has 1 aromatic heterocycles. The Bertz CT molecular complexity index is 1440. The minimum Gasteiger partial charge on any atom is -0.448 e. The molecule has 3 aliphatic rings. The molecule has 2 aliphatic heterocycles. The van der Waals surface area contributed by atoms with Crippen LogP contribution in [0.5, 0.6) is 0 Å². The number of rotatable bonds is 3. The Morgan fingerprint density at radius 1 is 0.857 bits per heavy atom. The maximum atomic E-state index is 13.4. The zero-order valence-corrected chi connectivity index (χ0v) is 19.4. The van der Waals surface area contributed by atoms with Crippen molar-refractivity contribution in [1.29, 1.82) is 0 Å². The molecule has 4 nitrogen and oxygen atoms in total. The largest absolute Gasteiger partial charge is 0.448 e. The first-order chi connectivity index (χ1) is 17.3. The minimum absolute atomic E-state index is 0.0818. The fourth-order valence-electron chi connectivity index (χ4n) is 6.36. The van der Waals surface area contributed by atoms with E-state index in [9.17, 15) is 4.79 Å². The van der Waals surface area contributed by atoms with Gasteiger partial charge < -0.3 is 4.74 Å². The lowest BCUT2D eigenvalue weighted by atomic mass is 9.93. The zero-order valence-electron chi connectivity index (χ0n) is 19.4. The van der Waals surface area contributed by atoms with Gasteiger partial charge >= 0.3 is 6.09 Å². The van der Waals surface area contributed by atoms with E-state index in [-0.39, 0.29) is 24.1 Å². The first-order valence-corrected chi connectivity index (χ1v) is 12.4. The summed E-state index contributed by atoms with van der Waals surface area (Å²) in [4.78, 5) is 19.8. The van der Waals surface area contributed by atoms with Gasteiger partial charge in [-0.05, 0) is 52.5 Å². The van der Waals surface area contributed by atoms with Gasteiger partial charge in [0.1, 0.15) is 6.61 Å². The predicted molar refractivity (Wildman–Crippen MR) is 138 cm³/mol. The molecular weight excluding hydrogens is 432 g/mol. The fourth-order valence-corrected chi connectivity index (χ4v) is 6.36. The second kappa shape index (κ2) is 8.09. The molecule has 0 spiro atoms. The third-order valence-corrected chi connectivity index (χ3v) is 7.96. The molecule has 2 bridgehead atoms. The SMILES string of the molecule is O=C(OCC1c2ccccc2-c2ccccc21)N1C2C=C(c3cncc4ccccc34)CC1CC2. The van der Waals surface area contributed by atoms with Crippen LogP contribution in [0.2, 0.25) is 0 Å². The number of amides is 1. The second-order valence-corrected chi connectivity index (χ2v) is 9.81. The molecule has 0 radical (unpaired) electrons. The van der Waals surface area contributed by atoms with Crippen LogP contribution in [0.3, 0.4) is 0 Å². The maximum Gasteiger partial charge on any atom is 0.410 e. The standard InChI is InChI=1S/C31H26N2O2/c34-31(35-19-30-27-11-5-3-9-25(27)26-10-4-6-12-28(26)30)33-22-13-14-23(33)16-21(15-22)29-18-32-17-20-7-1-2-8-24(20)29/h1-12,15,17-18,22-23,30H,13-14,16,19H2. The van der Waals surface area contributed by atoms with Crippen molar-refractivity contribution in [3.63, 3.8) is 0 Å². The lowest BCUT2D eigenvalue weighted by Crippen LogP contribution is -2.43. The molecule has 7 rings (SSSR count). The molecule has 1 fully saturated rings. The number of hydrogen-bond acceptors (Lipinski definition) is 3. The molecule has 1 saturated heterocycles. The van der Waals surface area contributed by atoms with Gasteiger partial charge in [-0.25, -0.2) is 4.79 Å². The van der Waals surface area contributed by atoms with Gasteiger partial charge in [-0.3, -0.25) is 9.88 Å². The van der Waals surface area contributed by atoms with E-state index < -0.39 is 0 Å². The lowest BCUT2D eigenvalue weighted by molar-refractivity contribution is 0.0867. The van der Waals surface area contributed by atoms with Crippen molar-refractivity contribution in [3.8, 4) is 11.1 Å². The lowest BCUT2D eigenvalue weighted by Gasteiger charge is -2.33. The number of hydrogen-bond donors (Lipinski definition) is 0. The number of nitrogens with zero attached hydrogens (tertiary/aromatic N) is 2. The Hall–Kier alpha value is -3.92. The van der Waals surface area contributed by atoms with Gasteiger partial charge in [-0.15, -0.1) is 0 Å². The molecule has 2 atom stereocenters. The van der Waals surface area contributed by atoms with Crippen LogP contribution in [-0.2, 0) is 4.74 Å². The first kappa shape index (κ1) is 20.5. The summed E-state index contributed by atoms with van der Waals surface area (Å²) in [5, 5.41) is 2.37. The van der Waals surface area contributed by atoms with Gasteiger partial charge in [0.05, 0.1) is 6.04 Å². The van der Waals surface area contributed by atoms with Crippen LogP contribution in [0.25, 0.3) is 27.5 Å². The smallest absolute Gasteiger partial charge is 0.410 e. The topological polar surface area (TPSA) is 42.4 Å².